The van der Waals surface area contributed by atoms with E-state index >= 15 is 0 Å². The van der Waals surface area contributed by atoms with Gasteiger partial charge in [0.2, 0.25) is 11.8 Å². The van der Waals surface area contributed by atoms with E-state index in [1.807, 2.05) is 16.7 Å². The van der Waals surface area contributed by atoms with E-state index in [2.05, 4.69) is 35.2 Å². The molecule has 3 N–H and O–H groups in total. The van der Waals surface area contributed by atoms with Crippen LogP contribution in [0.3, 0.4) is 0 Å². The van der Waals surface area contributed by atoms with E-state index in [0.29, 0.717) is 44.1 Å². The number of carboxylic acid groups (broad SMARTS) is 2. The van der Waals surface area contributed by atoms with E-state index in [-0.39, 0.29) is 57.9 Å². The summed E-state index contributed by atoms with van der Waals surface area (Å²) in [6.45, 7) is 17.2. The number of nitrogens with zero attached hydrogens (tertiary/aromatic N) is 6. The Hall–Kier alpha value is -3.86. The van der Waals surface area contributed by atoms with E-state index < -0.39 is 11.9 Å². The first-order valence-electron chi connectivity index (χ1n) is 13.6. The molecule has 0 aromatic carbocycles. The molecule has 3 heterocycles. The van der Waals surface area contributed by atoms with Crippen molar-refractivity contribution in [3.05, 3.63) is 56.4 Å². The molecule has 2 aromatic heterocycles. The maximum Gasteiger partial charge on any atom is 0 e. The number of hydrogen-bond acceptors (Lipinski definition) is 7. The molecule has 1 saturated heterocycles. The fourth-order valence-electron chi connectivity index (χ4n) is 4.64. The van der Waals surface area contributed by atoms with Crippen molar-refractivity contribution in [2.45, 2.75) is 77.7 Å². The summed E-state index contributed by atoms with van der Waals surface area (Å²) in [5.41, 5.74) is 0. The summed E-state index contributed by atoms with van der Waals surface area (Å²) in [7, 11) is 0. The van der Waals surface area contributed by atoms with Crippen LogP contribution in [0.4, 0.5) is 0 Å². The maximum absolute atomic E-state index is 12.3. The third-order valence-corrected chi connectivity index (χ3v) is 6.63. The monoisotopic (exact) mass is 802 g/mol. The van der Waals surface area contributed by atoms with Crippen LogP contribution < -0.4 is 5.32 Å². The first kappa shape index (κ1) is 43.3. The fraction of sp³-hybridized carbons (Fsp3) is 0.536. The van der Waals surface area contributed by atoms with Crippen molar-refractivity contribution in [1.29, 1.82) is 0 Å². The second-order valence-corrected chi connectivity index (χ2v) is 9.61. The number of carboxylic acids is 2. The minimum atomic E-state index is -0.970. The minimum absolute atomic E-state index is 0. The predicted molar refractivity (Wildman–Crippen MR) is 148 cm³/mol. The predicted octanol–water partition coefficient (Wildman–Crippen LogP) is 0.823. The molecule has 45 heavy (non-hydrogen) atoms. The Morgan fingerprint density at radius 2 is 1.42 bits per heavy atom. The summed E-state index contributed by atoms with van der Waals surface area (Å²) >= 11 is 0. The van der Waals surface area contributed by atoms with Crippen LogP contribution in [0, 0.1) is 20.0 Å². The number of carbonyl (C=O) groups is 4. The Labute approximate surface area is 275 Å². The van der Waals surface area contributed by atoms with Gasteiger partial charge >= 0.3 is 45.8 Å². The molecule has 1 aliphatic heterocycles. The SMILES string of the molecule is CC1CCCN1C(=O)CNC(=O)CCCCCN(Cc1nccn1CC(=O)O)Cc1nccn1CC(=O)O.[C-]#[O+].[C-]#[O+].[C-]#[O+].[Re]. The normalized spacial score (nSPS) is 13.0. The smallest absolute Gasteiger partial charge is 0 e. The zero-order valence-electron chi connectivity index (χ0n) is 24.9. The Morgan fingerprint density at radius 1 is 0.911 bits per heavy atom. The molecule has 0 spiro atoms. The molecular formula is C28H37N7O9Re. The second kappa shape index (κ2) is 25.5. The number of imidazole rings is 2. The molecule has 2 amide bonds. The van der Waals surface area contributed by atoms with E-state index in [0.717, 1.165) is 32.2 Å². The van der Waals surface area contributed by atoms with Gasteiger partial charge in [-0.05, 0) is 39.2 Å². The first-order valence-corrected chi connectivity index (χ1v) is 13.6. The number of aliphatic carboxylic acids is 2. The van der Waals surface area contributed by atoms with Gasteiger partial charge in [-0.1, -0.05) is 6.42 Å². The van der Waals surface area contributed by atoms with E-state index in [9.17, 15) is 19.2 Å². The maximum atomic E-state index is 12.3. The third-order valence-electron chi connectivity index (χ3n) is 6.63. The summed E-state index contributed by atoms with van der Waals surface area (Å²) < 4.78 is 25.6. The molecule has 0 saturated carbocycles. The molecule has 245 valence electrons. The zero-order valence-corrected chi connectivity index (χ0v) is 27.6. The summed E-state index contributed by atoms with van der Waals surface area (Å²) in [5.74, 6) is -0.958. The first-order chi connectivity index (χ1) is 21.2. The van der Waals surface area contributed by atoms with Crippen LogP contribution in [-0.4, -0.2) is 88.5 Å². The van der Waals surface area contributed by atoms with Crippen molar-refractivity contribution in [1.82, 2.24) is 34.2 Å². The second-order valence-electron chi connectivity index (χ2n) is 9.61. The van der Waals surface area contributed by atoms with Crippen LogP contribution in [0.5, 0.6) is 0 Å². The van der Waals surface area contributed by atoms with Crippen LogP contribution >= 0.6 is 0 Å². The van der Waals surface area contributed by atoms with Crippen molar-refractivity contribution in [3.8, 4) is 0 Å². The number of hydrogen-bond donors (Lipinski definition) is 3. The molecule has 16 nitrogen and oxygen atoms in total. The van der Waals surface area contributed by atoms with Crippen LogP contribution in [0.2, 0.25) is 0 Å². The van der Waals surface area contributed by atoms with Crippen LogP contribution in [0.15, 0.2) is 24.8 Å². The standard InChI is InChI=1S/C25H37N7O6.3CO.Re/c1-19-6-5-11-32(19)23(34)14-28-22(33)7-3-2-4-10-29(15-20-26-8-12-30(20)17-24(35)36)16-21-27-9-13-31(21)18-25(37)38;3*1-2;/h8-9,12-13,19H,2-7,10-11,14-18H2,1H3,(H,28,33)(H,35,36)(H,37,38);;;;. The van der Waals surface area contributed by atoms with Gasteiger partial charge in [0, 0.05) is 64.2 Å². The van der Waals surface area contributed by atoms with E-state index in [1.165, 1.54) is 0 Å². The average molecular weight is 802 g/mol. The molecule has 0 bridgehead atoms. The van der Waals surface area contributed by atoms with Crippen molar-refractivity contribution in [3.63, 3.8) is 0 Å². The molecule has 1 radical (unpaired) electrons. The quantitative estimate of drug-likeness (QED) is 0.124. The molecule has 1 unspecified atom stereocenters. The molecule has 2 aromatic rings. The van der Waals surface area contributed by atoms with Gasteiger partial charge in [-0.2, -0.15) is 0 Å². The number of aromatic nitrogens is 4. The number of likely N-dealkylation sites (tertiary alicyclic amines) is 1. The molecule has 3 rings (SSSR count). The molecule has 0 aliphatic carbocycles. The van der Waals surface area contributed by atoms with Crippen molar-refractivity contribution in [2.75, 3.05) is 19.6 Å². The fourth-order valence-corrected chi connectivity index (χ4v) is 4.64. The molecular weight excluding hydrogens is 765 g/mol. The van der Waals surface area contributed by atoms with Crippen molar-refractivity contribution >= 4 is 23.8 Å². The molecule has 1 fully saturated rings. The Bertz CT molecular complexity index is 1170. The van der Waals surface area contributed by atoms with Gasteiger partial charge in [0.25, 0.3) is 0 Å². The Kier molecular flexibility index (Phi) is 24.5. The topological polar surface area (TPSA) is 223 Å². The largest absolute Gasteiger partial charge is 0 e. The molecule has 1 atom stereocenters. The Balaban J connectivity index is 0. The molecule has 17 heteroatoms. The van der Waals surface area contributed by atoms with Gasteiger partial charge < -0.3 is 29.6 Å². The van der Waals surface area contributed by atoms with Crippen molar-refractivity contribution in [2.24, 2.45) is 0 Å². The zero-order chi connectivity index (χ0) is 33.5. The third kappa shape index (κ3) is 16.7. The summed E-state index contributed by atoms with van der Waals surface area (Å²) in [6.07, 6.45) is 10.8. The van der Waals surface area contributed by atoms with Gasteiger partial charge in [0.1, 0.15) is 24.7 Å². The van der Waals surface area contributed by atoms with Crippen LogP contribution in [0.1, 0.15) is 57.1 Å². The van der Waals surface area contributed by atoms with Gasteiger partial charge in [-0.25, -0.2) is 9.97 Å². The van der Waals surface area contributed by atoms with Gasteiger partial charge in [0.05, 0.1) is 19.6 Å². The number of amides is 2. The van der Waals surface area contributed by atoms with Crippen LogP contribution in [0.25, 0.3) is 0 Å². The average Bonchev–Trinajstić information content (AvgIpc) is 3.76. The van der Waals surface area contributed by atoms with Gasteiger partial charge in [-0.15, -0.1) is 0 Å². The number of nitrogens with one attached hydrogen (secondary N) is 1. The van der Waals surface area contributed by atoms with E-state index in [4.69, 9.17) is 24.2 Å². The van der Waals surface area contributed by atoms with Crippen molar-refractivity contribution < 1.29 is 63.8 Å². The number of carbonyl (C=O) groups excluding carboxylic acids is 2. The minimum Gasteiger partial charge on any atom is 0 e. The summed E-state index contributed by atoms with van der Waals surface area (Å²) in [4.78, 5) is 59.3. The molecule has 1 aliphatic rings. The van der Waals surface area contributed by atoms with E-state index in [1.54, 1.807) is 33.9 Å². The number of rotatable bonds is 16. The van der Waals surface area contributed by atoms with Crippen LogP contribution in [-0.2, 0) is 79.7 Å². The summed E-state index contributed by atoms with van der Waals surface area (Å²) in [6, 6.07) is 0.228. The van der Waals surface area contributed by atoms with Gasteiger partial charge in [-0.3, -0.25) is 24.1 Å². The Morgan fingerprint density at radius 3 is 1.87 bits per heavy atom. The summed E-state index contributed by atoms with van der Waals surface area (Å²) in [5, 5.41) is 21.1. The number of unbranched alkanes of at least 4 members (excludes halogenated alkanes) is 2. The van der Waals surface area contributed by atoms with Gasteiger partial charge in [0.15, 0.2) is 0 Å².